The third-order valence-electron chi connectivity index (χ3n) is 4.73. The molecule has 0 aromatic heterocycles. The highest BCUT2D eigenvalue weighted by Gasteiger charge is 2.32. The molecule has 2 aliphatic heterocycles. The standard InChI is InChI=1S/C15H22N2O2S/c1-11-6-8-17(10-12(11)2)20(18,19)14-4-3-13-5-7-16-15(13)9-14/h3-4,9,11-12,16H,5-8,10H2,1-2H3. The van der Waals surface area contributed by atoms with Gasteiger partial charge in [0.1, 0.15) is 0 Å². The van der Waals surface area contributed by atoms with Crippen LogP contribution in [0.5, 0.6) is 0 Å². The number of anilines is 1. The first-order valence-electron chi connectivity index (χ1n) is 7.35. The Bertz CT molecular complexity index is 612. The van der Waals surface area contributed by atoms with E-state index in [1.54, 1.807) is 16.4 Å². The summed E-state index contributed by atoms with van der Waals surface area (Å²) in [5.41, 5.74) is 2.19. The van der Waals surface area contributed by atoms with Crippen molar-refractivity contribution in [3.05, 3.63) is 23.8 Å². The summed E-state index contributed by atoms with van der Waals surface area (Å²) >= 11 is 0. The highest BCUT2D eigenvalue weighted by molar-refractivity contribution is 7.89. The molecule has 1 fully saturated rings. The minimum Gasteiger partial charge on any atom is -0.384 e. The fourth-order valence-corrected chi connectivity index (χ4v) is 4.60. The first kappa shape index (κ1) is 13.9. The molecule has 1 N–H and O–H groups in total. The highest BCUT2D eigenvalue weighted by Crippen LogP contribution is 2.30. The second kappa shape index (κ2) is 5.04. The smallest absolute Gasteiger partial charge is 0.243 e. The van der Waals surface area contributed by atoms with Gasteiger partial charge in [0.25, 0.3) is 0 Å². The molecular formula is C15H22N2O2S. The van der Waals surface area contributed by atoms with Crippen LogP contribution in [0.1, 0.15) is 25.8 Å². The van der Waals surface area contributed by atoms with E-state index in [-0.39, 0.29) is 0 Å². The van der Waals surface area contributed by atoms with Crippen molar-refractivity contribution >= 4 is 15.7 Å². The summed E-state index contributed by atoms with van der Waals surface area (Å²) in [6.07, 6.45) is 1.93. The van der Waals surface area contributed by atoms with Crippen LogP contribution in [0.15, 0.2) is 23.1 Å². The topological polar surface area (TPSA) is 49.4 Å². The summed E-state index contributed by atoms with van der Waals surface area (Å²) in [5, 5.41) is 3.25. The van der Waals surface area contributed by atoms with Crippen LogP contribution in [0.2, 0.25) is 0 Å². The zero-order valence-electron chi connectivity index (χ0n) is 12.1. The second-order valence-corrected chi connectivity index (χ2v) is 8.04. The van der Waals surface area contributed by atoms with E-state index in [4.69, 9.17) is 0 Å². The van der Waals surface area contributed by atoms with Crippen LogP contribution in [0, 0.1) is 11.8 Å². The minimum absolute atomic E-state index is 0.422. The summed E-state index contributed by atoms with van der Waals surface area (Å²) < 4.78 is 27.1. The number of benzene rings is 1. The van der Waals surface area contributed by atoms with Crippen LogP contribution >= 0.6 is 0 Å². The van der Waals surface area contributed by atoms with Crippen LogP contribution in [0.25, 0.3) is 0 Å². The highest BCUT2D eigenvalue weighted by atomic mass is 32.2. The molecule has 110 valence electrons. The lowest BCUT2D eigenvalue weighted by Gasteiger charge is -2.34. The molecule has 0 saturated carbocycles. The molecule has 0 amide bonds. The van der Waals surface area contributed by atoms with Crippen LogP contribution in [0.4, 0.5) is 5.69 Å². The van der Waals surface area contributed by atoms with E-state index in [1.807, 2.05) is 6.07 Å². The van der Waals surface area contributed by atoms with Crippen LogP contribution in [0.3, 0.4) is 0 Å². The Labute approximate surface area is 121 Å². The van der Waals surface area contributed by atoms with Crippen molar-refractivity contribution in [2.75, 3.05) is 25.0 Å². The summed E-state index contributed by atoms with van der Waals surface area (Å²) in [5.74, 6) is 1.02. The second-order valence-electron chi connectivity index (χ2n) is 6.10. The summed E-state index contributed by atoms with van der Waals surface area (Å²) in [4.78, 5) is 0.424. The van der Waals surface area contributed by atoms with Gasteiger partial charge in [-0.25, -0.2) is 8.42 Å². The Morgan fingerprint density at radius 1 is 1.25 bits per heavy atom. The fraction of sp³-hybridized carbons (Fsp3) is 0.600. The zero-order chi connectivity index (χ0) is 14.3. The summed E-state index contributed by atoms with van der Waals surface area (Å²) in [7, 11) is -3.35. The van der Waals surface area contributed by atoms with E-state index in [0.29, 0.717) is 29.8 Å². The van der Waals surface area contributed by atoms with E-state index in [0.717, 1.165) is 25.1 Å². The first-order valence-corrected chi connectivity index (χ1v) is 8.79. The van der Waals surface area contributed by atoms with Crippen molar-refractivity contribution in [1.29, 1.82) is 0 Å². The van der Waals surface area contributed by atoms with E-state index in [9.17, 15) is 8.42 Å². The van der Waals surface area contributed by atoms with Crippen molar-refractivity contribution in [3.63, 3.8) is 0 Å². The SMILES string of the molecule is CC1CCN(S(=O)(=O)c2ccc3c(c2)NCC3)CC1C. The first-order chi connectivity index (χ1) is 9.48. The largest absolute Gasteiger partial charge is 0.384 e. The van der Waals surface area contributed by atoms with Gasteiger partial charge in [0.15, 0.2) is 0 Å². The van der Waals surface area contributed by atoms with Crippen molar-refractivity contribution in [2.24, 2.45) is 11.8 Å². The fourth-order valence-electron chi connectivity index (χ4n) is 3.02. The van der Waals surface area contributed by atoms with Gasteiger partial charge in [-0.2, -0.15) is 4.31 Å². The molecule has 1 saturated heterocycles. The molecule has 4 nitrogen and oxygen atoms in total. The lowest BCUT2D eigenvalue weighted by Crippen LogP contribution is -2.42. The third-order valence-corrected chi connectivity index (χ3v) is 6.59. The van der Waals surface area contributed by atoms with Gasteiger partial charge in [0, 0.05) is 25.3 Å². The van der Waals surface area contributed by atoms with Gasteiger partial charge in [-0.1, -0.05) is 19.9 Å². The number of nitrogens with zero attached hydrogens (tertiary/aromatic N) is 1. The lowest BCUT2D eigenvalue weighted by molar-refractivity contribution is 0.212. The monoisotopic (exact) mass is 294 g/mol. The number of piperidine rings is 1. The number of fused-ring (bicyclic) bond motifs is 1. The molecule has 3 rings (SSSR count). The van der Waals surface area contributed by atoms with Crippen molar-refractivity contribution in [3.8, 4) is 0 Å². The van der Waals surface area contributed by atoms with Gasteiger partial charge in [0.05, 0.1) is 4.90 Å². The Morgan fingerprint density at radius 3 is 2.80 bits per heavy atom. The molecular weight excluding hydrogens is 272 g/mol. The van der Waals surface area contributed by atoms with Gasteiger partial charge in [-0.3, -0.25) is 0 Å². The van der Waals surface area contributed by atoms with E-state index < -0.39 is 10.0 Å². The molecule has 0 spiro atoms. The van der Waals surface area contributed by atoms with E-state index in [1.165, 1.54) is 5.56 Å². The molecule has 0 aliphatic carbocycles. The maximum atomic E-state index is 12.7. The van der Waals surface area contributed by atoms with Crippen LogP contribution in [-0.4, -0.2) is 32.4 Å². The van der Waals surface area contributed by atoms with E-state index in [2.05, 4.69) is 19.2 Å². The molecule has 0 bridgehead atoms. The molecule has 1 aromatic carbocycles. The number of sulfonamides is 1. The number of rotatable bonds is 2. The predicted octanol–water partition coefficient (Wildman–Crippen LogP) is 2.32. The van der Waals surface area contributed by atoms with E-state index >= 15 is 0 Å². The lowest BCUT2D eigenvalue weighted by atomic mass is 9.90. The molecule has 2 unspecified atom stereocenters. The molecule has 20 heavy (non-hydrogen) atoms. The van der Waals surface area contributed by atoms with Gasteiger partial charge in [-0.05, 0) is 42.4 Å². The average Bonchev–Trinajstić information content (AvgIpc) is 2.89. The number of hydrogen-bond donors (Lipinski definition) is 1. The Balaban J connectivity index is 1.88. The quantitative estimate of drug-likeness (QED) is 0.910. The maximum absolute atomic E-state index is 12.7. The molecule has 0 radical (unpaired) electrons. The zero-order valence-corrected chi connectivity index (χ0v) is 12.9. The van der Waals surface area contributed by atoms with Gasteiger partial charge in [-0.15, -0.1) is 0 Å². The van der Waals surface area contributed by atoms with Crippen molar-refractivity contribution in [2.45, 2.75) is 31.6 Å². The summed E-state index contributed by atoms with van der Waals surface area (Å²) in [6.45, 7) is 6.51. The molecule has 1 aromatic rings. The minimum atomic E-state index is -3.35. The van der Waals surface area contributed by atoms with Crippen molar-refractivity contribution < 1.29 is 8.42 Å². The normalized spacial score (nSPS) is 27.1. The average molecular weight is 294 g/mol. The van der Waals surface area contributed by atoms with Crippen molar-refractivity contribution in [1.82, 2.24) is 4.31 Å². The van der Waals surface area contributed by atoms with Crippen LogP contribution < -0.4 is 5.32 Å². The molecule has 5 heteroatoms. The van der Waals surface area contributed by atoms with Crippen LogP contribution in [-0.2, 0) is 16.4 Å². The predicted molar refractivity (Wildman–Crippen MR) is 80.3 cm³/mol. The number of nitrogens with one attached hydrogen (secondary N) is 1. The Hall–Kier alpha value is -1.07. The molecule has 2 heterocycles. The summed E-state index contributed by atoms with van der Waals surface area (Å²) in [6, 6.07) is 5.49. The maximum Gasteiger partial charge on any atom is 0.243 e. The van der Waals surface area contributed by atoms with Gasteiger partial charge >= 0.3 is 0 Å². The Morgan fingerprint density at radius 2 is 2.05 bits per heavy atom. The number of hydrogen-bond acceptors (Lipinski definition) is 3. The molecule has 2 atom stereocenters. The third kappa shape index (κ3) is 2.33. The Kier molecular flexibility index (Phi) is 3.50. The van der Waals surface area contributed by atoms with Gasteiger partial charge in [0.2, 0.25) is 10.0 Å². The van der Waals surface area contributed by atoms with Gasteiger partial charge < -0.3 is 5.32 Å². The molecule has 2 aliphatic rings.